The molecule has 5 heteroatoms. The van der Waals surface area contributed by atoms with Crippen LogP contribution >= 0.6 is 0 Å². The molecule has 1 aromatic rings. The van der Waals surface area contributed by atoms with E-state index in [-0.39, 0.29) is 5.82 Å². The zero-order chi connectivity index (χ0) is 12.1. The molecule has 92 valence electrons. The average molecular weight is 238 g/mol. The monoisotopic (exact) mass is 238 g/mol. The molecule has 4 nitrogen and oxygen atoms in total. The van der Waals surface area contributed by atoms with Crippen LogP contribution in [-0.4, -0.2) is 37.2 Å². The molecule has 1 heterocycles. The van der Waals surface area contributed by atoms with Crippen LogP contribution in [0.4, 0.5) is 4.39 Å². The van der Waals surface area contributed by atoms with Crippen molar-refractivity contribution in [2.45, 2.75) is 6.10 Å². The van der Waals surface area contributed by atoms with Crippen molar-refractivity contribution in [2.24, 2.45) is 4.99 Å². The highest BCUT2D eigenvalue weighted by Gasteiger charge is 2.10. The van der Waals surface area contributed by atoms with Crippen molar-refractivity contribution < 1.29 is 14.2 Å². The van der Waals surface area contributed by atoms with E-state index in [4.69, 9.17) is 4.74 Å². The lowest BCUT2D eigenvalue weighted by atomic mass is 10.1. The lowest BCUT2D eigenvalue weighted by Crippen LogP contribution is -2.34. The van der Waals surface area contributed by atoms with E-state index in [1.54, 1.807) is 12.1 Å². The van der Waals surface area contributed by atoms with Crippen molar-refractivity contribution in [1.82, 2.24) is 5.32 Å². The molecule has 0 aromatic heterocycles. The number of aliphatic imine (C=N–C) groups is 1. The standard InChI is InChI=1S/C12H15FN2O2/c13-10-3-1-9(2-4-10)11(16)7-15-12-8-17-6-5-14-12/h1-4,11,16H,5-8H2,(H,14,15). The topological polar surface area (TPSA) is 53.8 Å². The Morgan fingerprint density at radius 2 is 2.18 bits per heavy atom. The predicted molar refractivity (Wildman–Crippen MR) is 62.5 cm³/mol. The van der Waals surface area contributed by atoms with E-state index >= 15 is 0 Å². The number of rotatable bonds is 3. The number of nitrogens with zero attached hydrogens (tertiary/aromatic N) is 1. The fourth-order valence-corrected chi connectivity index (χ4v) is 1.58. The molecule has 17 heavy (non-hydrogen) atoms. The third-order valence-electron chi connectivity index (χ3n) is 2.53. The Kier molecular flexibility index (Phi) is 4.06. The first-order chi connectivity index (χ1) is 8.25. The average Bonchev–Trinajstić information content (AvgIpc) is 2.38. The molecule has 0 spiro atoms. The van der Waals surface area contributed by atoms with E-state index in [0.29, 0.717) is 31.9 Å². The Bertz CT molecular complexity index is 392. The summed E-state index contributed by atoms with van der Waals surface area (Å²) in [6.07, 6.45) is -0.680. The van der Waals surface area contributed by atoms with Crippen molar-refractivity contribution in [3.05, 3.63) is 35.6 Å². The van der Waals surface area contributed by atoms with Gasteiger partial charge in [-0.25, -0.2) is 4.39 Å². The largest absolute Gasteiger partial charge is 0.387 e. The lowest BCUT2D eigenvalue weighted by molar-refractivity contribution is 0.161. The van der Waals surface area contributed by atoms with Gasteiger partial charge in [-0.1, -0.05) is 12.1 Å². The summed E-state index contributed by atoms with van der Waals surface area (Å²) in [6, 6.07) is 5.81. The van der Waals surface area contributed by atoms with E-state index in [2.05, 4.69) is 10.3 Å². The normalized spacial score (nSPS) is 17.4. The molecular formula is C12H15FN2O2. The summed E-state index contributed by atoms with van der Waals surface area (Å²) in [7, 11) is 0. The van der Waals surface area contributed by atoms with Crippen LogP contribution < -0.4 is 5.32 Å². The minimum atomic E-state index is -0.680. The molecule has 1 aliphatic heterocycles. The molecule has 0 saturated heterocycles. The van der Waals surface area contributed by atoms with Gasteiger partial charge in [0.1, 0.15) is 18.3 Å². The highest BCUT2D eigenvalue weighted by Crippen LogP contribution is 2.12. The molecule has 0 fully saturated rings. The van der Waals surface area contributed by atoms with Gasteiger partial charge < -0.3 is 15.2 Å². The van der Waals surface area contributed by atoms with Crippen LogP contribution in [0.2, 0.25) is 0 Å². The summed E-state index contributed by atoms with van der Waals surface area (Å²) in [4.78, 5) is 4.22. The van der Waals surface area contributed by atoms with Gasteiger partial charge in [-0.3, -0.25) is 4.99 Å². The SMILES string of the molecule is OC(CNC1=NCCOC1)c1ccc(F)cc1. The molecule has 1 aromatic carbocycles. The Morgan fingerprint density at radius 3 is 2.82 bits per heavy atom. The number of amidine groups is 1. The van der Waals surface area contributed by atoms with E-state index in [0.717, 1.165) is 5.84 Å². The fourth-order valence-electron chi connectivity index (χ4n) is 1.58. The van der Waals surface area contributed by atoms with E-state index in [1.165, 1.54) is 12.1 Å². The zero-order valence-electron chi connectivity index (χ0n) is 9.40. The van der Waals surface area contributed by atoms with Crippen molar-refractivity contribution >= 4 is 5.84 Å². The van der Waals surface area contributed by atoms with Crippen molar-refractivity contribution in [3.8, 4) is 0 Å². The minimum absolute atomic E-state index is 0.307. The number of hydrogen-bond donors (Lipinski definition) is 2. The second kappa shape index (κ2) is 5.75. The maximum Gasteiger partial charge on any atom is 0.123 e. The van der Waals surface area contributed by atoms with Crippen molar-refractivity contribution in [2.75, 3.05) is 26.3 Å². The van der Waals surface area contributed by atoms with Gasteiger partial charge in [0.25, 0.3) is 0 Å². The zero-order valence-corrected chi connectivity index (χ0v) is 9.40. The maximum absolute atomic E-state index is 12.7. The number of hydrogen-bond acceptors (Lipinski definition) is 4. The van der Waals surface area contributed by atoms with Gasteiger partial charge in [-0.2, -0.15) is 0 Å². The van der Waals surface area contributed by atoms with Gasteiger partial charge in [0, 0.05) is 6.54 Å². The highest BCUT2D eigenvalue weighted by atomic mass is 19.1. The van der Waals surface area contributed by atoms with Crippen LogP contribution in [-0.2, 0) is 4.74 Å². The smallest absolute Gasteiger partial charge is 0.123 e. The summed E-state index contributed by atoms with van der Waals surface area (Å²) in [5, 5.41) is 12.9. The predicted octanol–water partition coefficient (Wildman–Crippen LogP) is 0.877. The first-order valence-electron chi connectivity index (χ1n) is 5.54. The van der Waals surface area contributed by atoms with Crippen LogP contribution in [0.5, 0.6) is 0 Å². The molecule has 2 rings (SSSR count). The maximum atomic E-state index is 12.7. The highest BCUT2D eigenvalue weighted by molar-refractivity contribution is 5.83. The molecule has 1 atom stereocenters. The number of aliphatic hydroxyl groups excluding tert-OH is 1. The van der Waals surface area contributed by atoms with Crippen molar-refractivity contribution in [1.29, 1.82) is 0 Å². The third kappa shape index (κ3) is 3.51. The summed E-state index contributed by atoms with van der Waals surface area (Å²) in [5.74, 6) is 0.441. The fraction of sp³-hybridized carbons (Fsp3) is 0.417. The second-order valence-electron chi connectivity index (χ2n) is 3.83. The van der Waals surface area contributed by atoms with Gasteiger partial charge in [0.15, 0.2) is 0 Å². The van der Waals surface area contributed by atoms with Crippen LogP contribution in [0.15, 0.2) is 29.3 Å². The van der Waals surface area contributed by atoms with Crippen LogP contribution in [0, 0.1) is 5.82 Å². The van der Waals surface area contributed by atoms with Gasteiger partial charge in [-0.05, 0) is 17.7 Å². The molecule has 0 bridgehead atoms. The minimum Gasteiger partial charge on any atom is -0.387 e. The summed E-state index contributed by atoms with van der Waals surface area (Å²) in [6.45, 7) is 2.09. The Morgan fingerprint density at radius 1 is 1.41 bits per heavy atom. The van der Waals surface area contributed by atoms with Gasteiger partial charge >= 0.3 is 0 Å². The number of ether oxygens (including phenoxy) is 1. The Hall–Kier alpha value is -1.46. The van der Waals surface area contributed by atoms with Gasteiger partial charge in [0.05, 0.1) is 19.3 Å². The van der Waals surface area contributed by atoms with Crippen LogP contribution in [0.1, 0.15) is 11.7 Å². The van der Waals surface area contributed by atoms with E-state index < -0.39 is 6.10 Å². The first kappa shape index (κ1) is 12.0. The van der Waals surface area contributed by atoms with Crippen molar-refractivity contribution in [3.63, 3.8) is 0 Å². The number of aliphatic hydroxyl groups is 1. The molecule has 1 unspecified atom stereocenters. The molecule has 0 amide bonds. The molecule has 0 radical (unpaired) electrons. The lowest BCUT2D eigenvalue weighted by Gasteiger charge is -2.17. The second-order valence-corrected chi connectivity index (χ2v) is 3.83. The summed E-state index contributed by atoms with van der Waals surface area (Å²) >= 11 is 0. The summed E-state index contributed by atoms with van der Waals surface area (Å²) in [5.41, 5.74) is 0.677. The molecule has 0 saturated carbocycles. The molecule has 2 N–H and O–H groups in total. The van der Waals surface area contributed by atoms with Gasteiger partial charge in [0.2, 0.25) is 0 Å². The molecule has 0 aliphatic carbocycles. The van der Waals surface area contributed by atoms with Crippen LogP contribution in [0.25, 0.3) is 0 Å². The summed E-state index contributed by atoms with van der Waals surface area (Å²) < 4.78 is 17.9. The number of nitrogens with one attached hydrogen (secondary N) is 1. The number of benzene rings is 1. The van der Waals surface area contributed by atoms with E-state index in [1.807, 2.05) is 0 Å². The Balaban J connectivity index is 1.86. The Labute approximate surface area is 99.1 Å². The van der Waals surface area contributed by atoms with Gasteiger partial charge in [-0.15, -0.1) is 0 Å². The van der Waals surface area contributed by atoms with Crippen LogP contribution in [0.3, 0.4) is 0 Å². The number of halogens is 1. The third-order valence-corrected chi connectivity index (χ3v) is 2.53. The molecular weight excluding hydrogens is 223 g/mol. The quantitative estimate of drug-likeness (QED) is 0.821. The first-order valence-corrected chi connectivity index (χ1v) is 5.54. The molecule has 1 aliphatic rings. The van der Waals surface area contributed by atoms with E-state index in [9.17, 15) is 9.50 Å².